The molecule has 1 aliphatic rings. The van der Waals surface area contributed by atoms with E-state index < -0.39 is 0 Å². The summed E-state index contributed by atoms with van der Waals surface area (Å²) in [7, 11) is 0. The first kappa shape index (κ1) is 17.7. The maximum atomic E-state index is 6.26. The maximum Gasteiger partial charge on any atom is 0.160 e. The van der Waals surface area contributed by atoms with Crippen LogP contribution < -0.4 is 0 Å². The van der Waals surface area contributed by atoms with Crippen LogP contribution in [0.4, 0.5) is 0 Å². The molecule has 0 bridgehead atoms. The number of hydrogen-bond acceptors (Lipinski definition) is 2. The van der Waals surface area contributed by atoms with E-state index in [-0.39, 0.29) is 17.8 Å². The predicted octanol–water partition coefficient (Wildman–Crippen LogP) is 5.33. The quantitative estimate of drug-likeness (QED) is 0.443. The molecule has 0 N–H and O–H groups in total. The molecule has 1 rings (SSSR count). The van der Waals surface area contributed by atoms with E-state index in [1.807, 2.05) is 6.08 Å². The first-order chi connectivity index (χ1) is 9.43. The lowest BCUT2D eigenvalue weighted by molar-refractivity contribution is -0.306. The fraction of sp³-hybridized carbons (Fsp3) is 0.889. The minimum atomic E-state index is -0.0656. The van der Waals surface area contributed by atoms with Crippen molar-refractivity contribution in [1.82, 2.24) is 0 Å². The van der Waals surface area contributed by atoms with Gasteiger partial charge in [0.1, 0.15) is 0 Å². The first-order valence-electron chi connectivity index (χ1n) is 8.35. The van der Waals surface area contributed by atoms with E-state index in [4.69, 9.17) is 9.47 Å². The summed E-state index contributed by atoms with van der Waals surface area (Å²) < 4.78 is 12.4. The van der Waals surface area contributed by atoms with Gasteiger partial charge in [0.25, 0.3) is 0 Å². The van der Waals surface area contributed by atoms with Crippen LogP contribution in [-0.2, 0) is 9.47 Å². The van der Waals surface area contributed by atoms with E-state index in [2.05, 4.69) is 41.2 Å². The largest absolute Gasteiger partial charge is 0.348 e. The van der Waals surface area contributed by atoms with Gasteiger partial charge in [-0.25, -0.2) is 0 Å². The van der Waals surface area contributed by atoms with Crippen LogP contribution in [0.25, 0.3) is 0 Å². The molecule has 118 valence electrons. The summed E-state index contributed by atoms with van der Waals surface area (Å²) in [5.41, 5.74) is 0.0613. The second kappa shape index (κ2) is 8.19. The summed E-state index contributed by atoms with van der Waals surface area (Å²) in [5, 5.41) is 0. The van der Waals surface area contributed by atoms with E-state index in [1.165, 1.54) is 25.7 Å². The van der Waals surface area contributed by atoms with Gasteiger partial charge in [-0.2, -0.15) is 0 Å². The number of rotatable bonds is 8. The van der Waals surface area contributed by atoms with Gasteiger partial charge >= 0.3 is 0 Å². The molecule has 0 unspecified atom stereocenters. The first-order valence-corrected chi connectivity index (χ1v) is 8.35. The minimum absolute atomic E-state index is 0.0613. The third kappa shape index (κ3) is 4.60. The fourth-order valence-electron chi connectivity index (χ4n) is 2.94. The zero-order valence-corrected chi connectivity index (χ0v) is 14.2. The highest BCUT2D eigenvalue weighted by atomic mass is 16.7. The van der Waals surface area contributed by atoms with Gasteiger partial charge in [-0.1, -0.05) is 66.4 Å². The molecule has 1 heterocycles. The number of unbranched alkanes of at least 4 members (excludes halogenated alkanes) is 3. The molecule has 0 radical (unpaired) electrons. The smallest absolute Gasteiger partial charge is 0.160 e. The third-order valence-corrected chi connectivity index (χ3v) is 4.50. The standard InChI is InChI=1S/C18H34O2/c1-7-9-10-11-13-16-18(5,6)15(12-8-2)19-17(20-16)14(3)4/h8,14-17H,2,7,9-13H2,1,3-6H3/t15-,16-,17+/m1/s1. The van der Waals surface area contributed by atoms with E-state index in [0.717, 1.165) is 12.8 Å². The molecule has 0 aromatic carbocycles. The molecule has 2 nitrogen and oxygen atoms in total. The molecule has 3 atom stereocenters. The summed E-state index contributed by atoms with van der Waals surface area (Å²) in [5.74, 6) is 0.400. The van der Waals surface area contributed by atoms with E-state index in [9.17, 15) is 0 Å². The molecular weight excluding hydrogens is 248 g/mol. The Kier molecular flexibility index (Phi) is 7.25. The van der Waals surface area contributed by atoms with Crippen molar-refractivity contribution in [2.75, 3.05) is 0 Å². The van der Waals surface area contributed by atoms with Crippen molar-refractivity contribution < 1.29 is 9.47 Å². The highest BCUT2D eigenvalue weighted by Gasteiger charge is 2.45. The highest BCUT2D eigenvalue weighted by molar-refractivity contribution is 4.93. The van der Waals surface area contributed by atoms with Crippen molar-refractivity contribution >= 4 is 0 Å². The van der Waals surface area contributed by atoms with Gasteiger partial charge in [-0.15, -0.1) is 6.58 Å². The Hall–Kier alpha value is -0.340. The van der Waals surface area contributed by atoms with Gasteiger partial charge in [-0.3, -0.25) is 0 Å². The number of hydrogen-bond donors (Lipinski definition) is 0. The second-order valence-corrected chi connectivity index (χ2v) is 7.06. The average molecular weight is 282 g/mol. The third-order valence-electron chi connectivity index (χ3n) is 4.50. The monoisotopic (exact) mass is 282 g/mol. The average Bonchev–Trinajstić information content (AvgIpc) is 2.38. The highest BCUT2D eigenvalue weighted by Crippen LogP contribution is 2.41. The molecule has 2 heteroatoms. The van der Waals surface area contributed by atoms with Crippen LogP contribution in [0.5, 0.6) is 0 Å². The summed E-state index contributed by atoms with van der Waals surface area (Å²) >= 11 is 0. The van der Waals surface area contributed by atoms with Crippen LogP contribution in [0.1, 0.15) is 73.1 Å². The van der Waals surface area contributed by atoms with Gasteiger partial charge in [0.05, 0.1) is 12.2 Å². The SMILES string of the molecule is C=CC[C@H]1O[C@H](C(C)C)O[C@H](CCCCCC)C1(C)C. The normalized spacial score (nSPS) is 29.6. The van der Waals surface area contributed by atoms with Gasteiger partial charge in [0.2, 0.25) is 0 Å². The molecular formula is C18H34O2. The predicted molar refractivity (Wildman–Crippen MR) is 85.7 cm³/mol. The van der Waals surface area contributed by atoms with Crippen LogP contribution >= 0.6 is 0 Å². The van der Waals surface area contributed by atoms with E-state index >= 15 is 0 Å². The Morgan fingerprint density at radius 2 is 1.75 bits per heavy atom. The van der Waals surface area contributed by atoms with Gasteiger partial charge in [0, 0.05) is 11.3 Å². The fourth-order valence-corrected chi connectivity index (χ4v) is 2.94. The molecule has 0 aliphatic carbocycles. The van der Waals surface area contributed by atoms with E-state index in [0.29, 0.717) is 12.0 Å². The molecule has 0 spiro atoms. The van der Waals surface area contributed by atoms with Crippen LogP contribution in [0.2, 0.25) is 0 Å². The van der Waals surface area contributed by atoms with Crippen molar-refractivity contribution in [2.24, 2.45) is 11.3 Å². The van der Waals surface area contributed by atoms with Crippen LogP contribution in [0.15, 0.2) is 12.7 Å². The van der Waals surface area contributed by atoms with E-state index in [1.54, 1.807) is 0 Å². The Labute approximate surface area is 125 Å². The Morgan fingerprint density at radius 1 is 1.10 bits per heavy atom. The van der Waals surface area contributed by atoms with Crippen molar-refractivity contribution in [3.63, 3.8) is 0 Å². The van der Waals surface area contributed by atoms with Crippen LogP contribution in [0, 0.1) is 11.3 Å². The maximum absolute atomic E-state index is 6.26. The molecule has 0 saturated carbocycles. The second-order valence-electron chi connectivity index (χ2n) is 7.06. The van der Waals surface area contributed by atoms with Crippen molar-refractivity contribution in [1.29, 1.82) is 0 Å². The van der Waals surface area contributed by atoms with Gasteiger partial charge in [0.15, 0.2) is 6.29 Å². The topological polar surface area (TPSA) is 18.5 Å². The van der Waals surface area contributed by atoms with Gasteiger partial charge < -0.3 is 9.47 Å². The van der Waals surface area contributed by atoms with Gasteiger partial charge in [-0.05, 0) is 12.8 Å². The minimum Gasteiger partial charge on any atom is -0.348 e. The molecule has 0 amide bonds. The molecule has 0 aromatic heterocycles. The number of ether oxygens (including phenoxy) is 2. The summed E-state index contributed by atoms with van der Waals surface area (Å²) in [6.07, 6.45) is 9.66. The lowest BCUT2D eigenvalue weighted by Gasteiger charge is -2.48. The van der Waals surface area contributed by atoms with Crippen molar-refractivity contribution in [3.8, 4) is 0 Å². The van der Waals surface area contributed by atoms with Crippen LogP contribution in [-0.4, -0.2) is 18.5 Å². The molecule has 0 aromatic rings. The lowest BCUT2D eigenvalue weighted by atomic mass is 9.76. The Balaban J connectivity index is 2.68. The summed E-state index contributed by atoms with van der Waals surface area (Å²) in [4.78, 5) is 0. The van der Waals surface area contributed by atoms with Crippen molar-refractivity contribution in [3.05, 3.63) is 12.7 Å². The zero-order valence-electron chi connectivity index (χ0n) is 14.2. The van der Waals surface area contributed by atoms with Crippen LogP contribution in [0.3, 0.4) is 0 Å². The Bertz CT molecular complexity index is 283. The Morgan fingerprint density at radius 3 is 2.30 bits per heavy atom. The summed E-state index contributed by atoms with van der Waals surface area (Å²) in [6, 6.07) is 0. The molecule has 1 fully saturated rings. The zero-order chi connectivity index (χ0) is 15.2. The lowest BCUT2D eigenvalue weighted by Crippen LogP contribution is -2.53. The van der Waals surface area contributed by atoms with Crippen molar-refractivity contribution in [2.45, 2.75) is 91.6 Å². The molecule has 20 heavy (non-hydrogen) atoms. The molecule has 1 aliphatic heterocycles. The molecule has 1 saturated heterocycles. The summed E-state index contributed by atoms with van der Waals surface area (Å²) in [6.45, 7) is 15.0.